The number of nitrogens with one attached hydrogen (secondary N) is 1. The predicted octanol–water partition coefficient (Wildman–Crippen LogP) is 3.74. The first-order valence-corrected chi connectivity index (χ1v) is 8.20. The first-order valence-electron chi connectivity index (χ1n) is 7.33. The molecule has 114 valence electrons. The third kappa shape index (κ3) is 2.76. The third-order valence-electron chi connectivity index (χ3n) is 3.89. The van der Waals surface area contributed by atoms with Gasteiger partial charge in [-0.1, -0.05) is 0 Å². The summed E-state index contributed by atoms with van der Waals surface area (Å²) in [5.41, 5.74) is 3.67. The van der Waals surface area contributed by atoms with E-state index < -0.39 is 0 Å². The van der Waals surface area contributed by atoms with E-state index in [1.54, 1.807) is 0 Å². The Morgan fingerprint density at radius 3 is 2.64 bits per heavy atom. The summed E-state index contributed by atoms with van der Waals surface area (Å²) in [6.07, 6.45) is 1.53. The Morgan fingerprint density at radius 2 is 2.05 bits per heavy atom. The fourth-order valence-electron chi connectivity index (χ4n) is 2.73. The second-order valence-corrected chi connectivity index (χ2v) is 6.45. The number of anilines is 2. The average Bonchev–Trinajstić information content (AvgIpc) is 3.08. The number of carbonyl (C=O) groups is 2. The van der Waals surface area contributed by atoms with Gasteiger partial charge in [0.25, 0.3) is 5.91 Å². The van der Waals surface area contributed by atoms with Crippen LogP contribution < -0.4 is 10.2 Å². The van der Waals surface area contributed by atoms with Gasteiger partial charge in [0, 0.05) is 24.3 Å². The molecule has 1 aromatic carbocycles. The van der Waals surface area contributed by atoms with E-state index in [0.717, 1.165) is 40.3 Å². The van der Waals surface area contributed by atoms with E-state index in [9.17, 15) is 9.59 Å². The van der Waals surface area contributed by atoms with Gasteiger partial charge in [0.05, 0.1) is 4.88 Å². The van der Waals surface area contributed by atoms with Gasteiger partial charge in [-0.15, -0.1) is 11.3 Å². The maximum absolute atomic E-state index is 12.2. The minimum atomic E-state index is -0.0862. The lowest BCUT2D eigenvalue weighted by Crippen LogP contribution is -2.24. The van der Waals surface area contributed by atoms with Crippen molar-refractivity contribution in [1.82, 2.24) is 0 Å². The smallest absolute Gasteiger partial charge is 0.265 e. The molecule has 1 fully saturated rings. The van der Waals surface area contributed by atoms with Gasteiger partial charge in [-0.25, -0.2) is 0 Å². The van der Waals surface area contributed by atoms with Gasteiger partial charge in [-0.2, -0.15) is 0 Å². The molecule has 0 bridgehead atoms. The Balaban J connectivity index is 1.79. The molecule has 22 heavy (non-hydrogen) atoms. The Bertz CT molecular complexity index is 736. The number of amides is 2. The zero-order valence-corrected chi connectivity index (χ0v) is 13.5. The molecule has 1 N–H and O–H groups in total. The highest BCUT2D eigenvalue weighted by Crippen LogP contribution is 2.28. The van der Waals surface area contributed by atoms with Crippen LogP contribution in [0.3, 0.4) is 0 Å². The Morgan fingerprint density at radius 1 is 1.23 bits per heavy atom. The Kier molecular flexibility index (Phi) is 3.98. The van der Waals surface area contributed by atoms with Gasteiger partial charge >= 0.3 is 0 Å². The zero-order valence-electron chi connectivity index (χ0n) is 12.7. The highest BCUT2D eigenvalue weighted by molar-refractivity contribution is 7.12. The topological polar surface area (TPSA) is 49.4 Å². The SMILES string of the molecule is Cc1cc(NC(=O)c2sccc2C)ccc1N1CCCC1=O. The van der Waals surface area contributed by atoms with Crippen LogP contribution in [-0.4, -0.2) is 18.4 Å². The van der Waals surface area contributed by atoms with E-state index in [-0.39, 0.29) is 11.8 Å². The zero-order chi connectivity index (χ0) is 15.7. The molecular weight excluding hydrogens is 296 g/mol. The van der Waals surface area contributed by atoms with Crippen molar-refractivity contribution in [2.24, 2.45) is 0 Å². The summed E-state index contributed by atoms with van der Waals surface area (Å²) in [5.74, 6) is 0.0889. The van der Waals surface area contributed by atoms with Crippen molar-refractivity contribution in [1.29, 1.82) is 0 Å². The quantitative estimate of drug-likeness (QED) is 0.938. The van der Waals surface area contributed by atoms with E-state index in [1.807, 2.05) is 48.4 Å². The van der Waals surface area contributed by atoms with E-state index in [2.05, 4.69) is 5.32 Å². The molecule has 1 aromatic heterocycles. The summed E-state index contributed by atoms with van der Waals surface area (Å²) in [5, 5.41) is 4.84. The van der Waals surface area contributed by atoms with Crippen molar-refractivity contribution < 1.29 is 9.59 Å². The monoisotopic (exact) mass is 314 g/mol. The molecule has 3 rings (SSSR count). The molecule has 0 saturated carbocycles. The molecule has 0 unspecified atom stereocenters. The Labute approximate surface area is 133 Å². The molecule has 0 aliphatic carbocycles. The predicted molar refractivity (Wildman–Crippen MR) is 89.8 cm³/mol. The average molecular weight is 314 g/mol. The highest BCUT2D eigenvalue weighted by Gasteiger charge is 2.23. The largest absolute Gasteiger partial charge is 0.321 e. The Hall–Kier alpha value is -2.14. The molecule has 0 atom stereocenters. The van der Waals surface area contributed by atoms with Crippen molar-refractivity contribution in [2.75, 3.05) is 16.8 Å². The van der Waals surface area contributed by atoms with Gasteiger partial charge in [0.1, 0.15) is 0 Å². The van der Waals surface area contributed by atoms with E-state index in [0.29, 0.717) is 6.42 Å². The van der Waals surface area contributed by atoms with E-state index >= 15 is 0 Å². The van der Waals surface area contributed by atoms with Crippen LogP contribution in [-0.2, 0) is 4.79 Å². The van der Waals surface area contributed by atoms with E-state index in [4.69, 9.17) is 0 Å². The molecular formula is C17H18N2O2S. The summed E-state index contributed by atoms with van der Waals surface area (Å²) < 4.78 is 0. The fraction of sp³-hybridized carbons (Fsp3) is 0.294. The maximum atomic E-state index is 12.2. The summed E-state index contributed by atoms with van der Waals surface area (Å²) >= 11 is 1.44. The minimum Gasteiger partial charge on any atom is -0.321 e. The highest BCUT2D eigenvalue weighted by atomic mass is 32.1. The number of rotatable bonds is 3. The van der Waals surface area contributed by atoms with Gasteiger partial charge in [-0.3, -0.25) is 9.59 Å². The number of hydrogen-bond acceptors (Lipinski definition) is 3. The van der Waals surface area contributed by atoms with Gasteiger partial charge in [0.2, 0.25) is 5.91 Å². The summed E-state index contributed by atoms with van der Waals surface area (Å²) in [6, 6.07) is 7.62. The van der Waals surface area contributed by atoms with Crippen LogP contribution in [0.2, 0.25) is 0 Å². The van der Waals surface area contributed by atoms with Crippen LogP contribution in [0.15, 0.2) is 29.6 Å². The van der Waals surface area contributed by atoms with Crippen LogP contribution in [0.5, 0.6) is 0 Å². The standard InChI is InChI=1S/C17H18N2O2S/c1-11-7-9-22-16(11)17(21)18-13-5-6-14(12(2)10-13)19-8-3-4-15(19)20/h5-7,9-10H,3-4,8H2,1-2H3,(H,18,21). The van der Waals surface area contributed by atoms with Crippen molar-refractivity contribution in [3.63, 3.8) is 0 Å². The number of carbonyl (C=O) groups excluding carboxylic acids is 2. The molecule has 4 nitrogen and oxygen atoms in total. The minimum absolute atomic E-state index is 0.0862. The molecule has 2 heterocycles. The lowest BCUT2D eigenvalue weighted by atomic mass is 10.1. The fourth-order valence-corrected chi connectivity index (χ4v) is 3.55. The lowest BCUT2D eigenvalue weighted by molar-refractivity contribution is -0.117. The summed E-state index contributed by atoms with van der Waals surface area (Å²) in [6.45, 7) is 4.67. The molecule has 0 spiro atoms. The van der Waals surface area contributed by atoms with E-state index in [1.165, 1.54) is 11.3 Å². The molecule has 1 aliphatic rings. The van der Waals surface area contributed by atoms with Crippen molar-refractivity contribution in [3.8, 4) is 0 Å². The normalized spacial score (nSPS) is 14.5. The van der Waals surface area contributed by atoms with Crippen molar-refractivity contribution in [3.05, 3.63) is 45.6 Å². The van der Waals surface area contributed by atoms with Crippen LogP contribution in [0.25, 0.3) is 0 Å². The number of benzene rings is 1. The third-order valence-corrected chi connectivity index (χ3v) is 4.90. The molecule has 2 aromatic rings. The number of aryl methyl sites for hydroxylation is 2. The van der Waals surface area contributed by atoms with Crippen LogP contribution in [0.1, 0.15) is 33.6 Å². The van der Waals surface area contributed by atoms with Crippen LogP contribution in [0.4, 0.5) is 11.4 Å². The first-order chi connectivity index (χ1) is 10.6. The summed E-state index contributed by atoms with van der Waals surface area (Å²) in [7, 11) is 0. The van der Waals surface area contributed by atoms with Crippen LogP contribution in [0, 0.1) is 13.8 Å². The van der Waals surface area contributed by atoms with Gasteiger partial charge < -0.3 is 10.2 Å². The number of nitrogens with zero attached hydrogens (tertiary/aromatic N) is 1. The maximum Gasteiger partial charge on any atom is 0.265 e. The van der Waals surface area contributed by atoms with Crippen LogP contribution >= 0.6 is 11.3 Å². The number of hydrogen-bond donors (Lipinski definition) is 1. The van der Waals surface area contributed by atoms with Gasteiger partial charge in [0.15, 0.2) is 0 Å². The van der Waals surface area contributed by atoms with Gasteiger partial charge in [-0.05, 0) is 61.0 Å². The van der Waals surface area contributed by atoms with Crippen molar-refractivity contribution >= 4 is 34.5 Å². The molecule has 1 saturated heterocycles. The number of thiophene rings is 1. The lowest BCUT2D eigenvalue weighted by Gasteiger charge is -2.19. The molecule has 0 radical (unpaired) electrons. The second-order valence-electron chi connectivity index (χ2n) is 5.54. The first kappa shape index (κ1) is 14.8. The molecule has 1 aliphatic heterocycles. The summed E-state index contributed by atoms with van der Waals surface area (Å²) in [4.78, 5) is 26.6. The second kappa shape index (κ2) is 5.93. The molecule has 2 amide bonds. The van der Waals surface area contributed by atoms with Crippen molar-refractivity contribution in [2.45, 2.75) is 26.7 Å². The molecule has 5 heteroatoms.